The summed E-state index contributed by atoms with van der Waals surface area (Å²) >= 11 is 1.64. The number of ether oxygens (including phenoxy) is 1. The molecule has 0 radical (unpaired) electrons. The number of rotatable bonds is 7. The lowest BCUT2D eigenvalue weighted by atomic mass is 10.3. The largest absolute Gasteiger partial charge is 0.385 e. The molecule has 0 aliphatic rings. The normalized spacial score (nSPS) is 12.1. The predicted octanol–water partition coefficient (Wildman–Crippen LogP) is 1.83. The Labute approximate surface area is 128 Å². The molecule has 0 aliphatic carbocycles. The van der Waals surface area contributed by atoms with Crippen molar-refractivity contribution in [1.29, 1.82) is 0 Å². The Morgan fingerprint density at radius 3 is 2.81 bits per heavy atom. The molecule has 0 unspecified atom stereocenters. The van der Waals surface area contributed by atoms with Crippen LogP contribution >= 0.6 is 11.8 Å². The number of hydrogen-bond donors (Lipinski definition) is 1. The SMILES string of the molecule is CCn1c(SCCCOC)nc2cc(S(N)(=O)=O)ccc21. The van der Waals surface area contributed by atoms with Crippen LogP contribution in [0.15, 0.2) is 28.3 Å². The van der Waals surface area contributed by atoms with Crippen LogP contribution in [0.3, 0.4) is 0 Å². The van der Waals surface area contributed by atoms with E-state index in [2.05, 4.69) is 9.55 Å². The minimum Gasteiger partial charge on any atom is -0.385 e. The summed E-state index contributed by atoms with van der Waals surface area (Å²) in [7, 11) is -2.02. The predicted molar refractivity (Wildman–Crippen MR) is 84.0 cm³/mol. The number of benzene rings is 1. The first-order valence-corrected chi connectivity index (χ1v) is 9.15. The quantitative estimate of drug-likeness (QED) is 0.618. The molecule has 116 valence electrons. The van der Waals surface area contributed by atoms with Crippen LogP contribution < -0.4 is 5.14 Å². The van der Waals surface area contributed by atoms with Crippen molar-refractivity contribution in [2.75, 3.05) is 19.5 Å². The van der Waals surface area contributed by atoms with Gasteiger partial charge < -0.3 is 9.30 Å². The van der Waals surface area contributed by atoms with Gasteiger partial charge in [0.15, 0.2) is 5.16 Å². The number of primary sulfonamides is 1. The maximum atomic E-state index is 11.4. The molecule has 0 saturated heterocycles. The van der Waals surface area contributed by atoms with Crippen LogP contribution in [0.25, 0.3) is 11.0 Å². The number of thioether (sulfide) groups is 1. The van der Waals surface area contributed by atoms with E-state index in [-0.39, 0.29) is 4.90 Å². The van der Waals surface area contributed by atoms with Gasteiger partial charge in [0.05, 0.1) is 15.9 Å². The molecule has 0 spiro atoms. The van der Waals surface area contributed by atoms with Gasteiger partial charge in [-0.3, -0.25) is 0 Å². The van der Waals surface area contributed by atoms with Crippen LogP contribution in [0.2, 0.25) is 0 Å². The maximum Gasteiger partial charge on any atom is 0.238 e. The minimum atomic E-state index is -3.70. The second-order valence-electron chi connectivity index (χ2n) is 4.53. The van der Waals surface area contributed by atoms with Crippen molar-refractivity contribution in [3.63, 3.8) is 0 Å². The summed E-state index contributed by atoms with van der Waals surface area (Å²) in [5, 5.41) is 6.04. The lowest BCUT2D eigenvalue weighted by molar-refractivity contribution is 0.200. The van der Waals surface area contributed by atoms with Gasteiger partial charge in [-0.05, 0) is 31.5 Å². The lowest BCUT2D eigenvalue weighted by Gasteiger charge is -2.05. The van der Waals surface area contributed by atoms with E-state index in [1.165, 1.54) is 12.1 Å². The Hall–Kier alpha value is -1.09. The van der Waals surface area contributed by atoms with Gasteiger partial charge in [-0.1, -0.05) is 11.8 Å². The van der Waals surface area contributed by atoms with Crippen molar-refractivity contribution >= 4 is 32.8 Å². The molecular weight excluding hydrogens is 310 g/mol. The van der Waals surface area contributed by atoms with Gasteiger partial charge in [-0.15, -0.1) is 0 Å². The van der Waals surface area contributed by atoms with Crippen LogP contribution in [0.4, 0.5) is 0 Å². The number of nitrogens with zero attached hydrogens (tertiary/aromatic N) is 2. The smallest absolute Gasteiger partial charge is 0.238 e. The molecule has 8 heteroatoms. The zero-order valence-electron chi connectivity index (χ0n) is 12.1. The fraction of sp³-hybridized carbons (Fsp3) is 0.462. The first kappa shape index (κ1) is 16.3. The molecular formula is C13H19N3O3S2. The Balaban J connectivity index is 2.34. The topological polar surface area (TPSA) is 87.2 Å². The van der Waals surface area contributed by atoms with E-state index in [4.69, 9.17) is 9.88 Å². The number of aryl methyl sites for hydroxylation is 1. The van der Waals surface area contributed by atoms with Crippen molar-refractivity contribution in [2.24, 2.45) is 5.14 Å². The van der Waals surface area contributed by atoms with Gasteiger partial charge in [0.1, 0.15) is 0 Å². The summed E-state index contributed by atoms with van der Waals surface area (Å²) in [6, 6.07) is 4.80. The number of methoxy groups -OCH3 is 1. The molecule has 6 nitrogen and oxygen atoms in total. The first-order chi connectivity index (χ1) is 9.97. The zero-order valence-corrected chi connectivity index (χ0v) is 13.7. The highest BCUT2D eigenvalue weighted by Gasteiger charge is 2.14. The number of nitrogens with two attached hydrogens (primary N) is 1. The van der Waals surface area contributed by atoms with Crippen LogP contribution in [0.5, 0.6) is 0 Å². The van der Waals surface area contributed by atoms with Crippen LogP contribution in [-0.2, 0) is 21.3 Å². The van der Waals surface area contributed by atoms with Crippen molar-refractivity contribution in [2.45, 2.75) is 29.9 Å². The molecule has 2 rings (SSSR count). The molecule has 1 heterocycles. The number of fused-ring (bicyclic) bond motifs is 1. The molecule has 0 saturated carbocycles. The third-order valence-corrected chi connectivity index (χ3v) is 5.03. The molecule has 1 aromatic heterocycles. The summed E-state index contributed by atoms with van der Waals surface area (Å²) < 4.78 is 29.9. The summed E-state index contributed by atoms with van der Waals surface area (Å²) in [6.07, 6.45) is 0.941. The monoisotopic (exact) mass is 329 g/mol. The Morgan fingerprint density at radius 2 is 2.19 bits per heavy atom. The third kappa shape index (κ3) is 3.76. The number of imidazole rings is 1. The highest BCUT2D eigenvalue weighted by Crippen LogP contribution is 2.26. The van der Waals surface area contributed by atoms with E-state index >= 15 is 0 Å². The highest BCUT2D eigenvalue weighted by atomic mass is 32.2. The Kier molecular flexibility index (Phi) is 5.26. The minimum absolute atomic E-state index is 0.0895. The number of aromatic nitrogens is 2. The molecule has 0 atom stereocenters. The van der Waals surface area contributed by atoms with Gasteiger partial charge in [-0.25, -0.2) is 18.5 Å². The van der Waals surface area contributed by atoms with Crippen molar-refractivity contribution < 1.29 is 13.2 Å². The molecule has 2 N–H and O–H groups in total. The second-order valence-corrected chi connectivity index (χ2v) is 7.15. The van der Waals surface area contributed by atoms with Crippen LogP contribution in [0, 0.1) is 0 Å². The van der Waals surface area contributed by atoms with Crippen molar-refractivity contribution in [3.8, 4) is 0 Å². The van der Waals surface area contributed by atoms with Crippen molar-refractivity contribution in [3.05, 3.63) is 18.2 Å². The fourth-order valence-corrected chi connectivity index (χ4v) is 3.57. The van der Waals surface area contributed by atoms with E-state index in [0.717, 1.165) is 36.0 Å². The average Bonchev–Trinajstić information content (AvgIpc) is 2.79. The highest BCUT2D eigenvalue weighted by molar-refractivity contribution is 7.99. The number of sulfonamides is 1. The second kappa shape index (κ2) is 6.78. The van der Waals surface area contributed by atoms with E-state index in [9.17, 15) is 8.42 Å². The molecule has 2 aromatic rings. The molecule has 0 aliphatic heterocycles. The molecule has 0 bridgehead atoms. The van der Waals surface area contributed by atoms with Gasteiger partial charge in [-0.2, -0.15) is 0 Å². The lowest BCUT2D eigenvalue weighted by Crippen LogP contribution is -2.11. The third-order valence-electron chi connectivity index (χ3n) is 3.05. The van der Waals surface area contributed by atoms with Gasteiger partial charge >= 0.3 is 0 Å². The first-order valence-electron chi connectivity index (χ1n) is 6.62. The molecule has 0 amide bonds. The van der Waals surface area contributed by atoms with E-state index in [1.54, 1.807) is 24.9 Å². The standard InChI is InChI=1S/C13H19N3O3S2/c1-3-16-12-6-5-10(21(14,17)18)9-11(12)15-13(16)20-8-4-7-19-2/h5-6,9H,3-4,7-8H2,1-2H3,(H2,14,17,18). The van der Waals surface area contributed by atoms with Gasteiger partial charge in [0, 0.05) is 26.0 Å². The maximum absolute atomic E-state index is 11.4. The van der Waals surface area contributed by atoms with Crippen LogP contribution in [-0.4, -0.2) is 37.4 Å². The Morgan fingerprint density at radius 1 is 1.43 bits per heavy atom. The summed E-state index contributed by atoms with van der Waals surface area (Å²) in [5.74, 6) is 0.902. The number of hydrogen-bond acceptors (Lipinski definition) is 5. The summed E-state index contributed by atoms with van der Waals surface area (Å²) in [4.78, 5) is 4.61. The van der Waals surface area contributed by atoms with Gasteiger partial charge in [0.25, 0.3) is 0 Å². The fourth-order valence-electron chi connectivity index (χ4n) is 2.05. The molecule has 1 aromatic carbocycles. The summed E-state index contributed by atoms with van der Waals surface area (Å²) in [5.41, 5.74) is 1.57. The Bertz CT molecular complexity index is 726. The van der Waals surface area contributed by atoms with Gasteiger partial charge in [0.2, 0.25) is 10.0 Å². The van der Waals surface area contributed by atoms with E-state index < -0.39 is 10.0 Å². The average molecular weight is 329 g/mol. The van der Waals surface area contributed by atoms with Crippen molar-refractivity contribution in [1.82, 2.24) is 9.55 Å². The van der Waals surface area contributed by atoms with Crippen LogP contribution in [0.1, 0.15) is 13.3 Å². The summed E-state index contributed by atoms with van der Waals surface area (Å²) in [6.45, 7) is 3.53. The molecule has 0 fully saturated rings. The van der Waals surface area contributed by atoms with E-state index in [0.29, 0.717) is 5.52 Å². The molecule has 21 heavy (non-hydrogen) atoms. The zero-order chi connectivity index (χ0) is 15.5. The van der Waals surface area contributed by atoms with E-state index in [1.807, 2.05) is 6.92 Å².